The Morgan fingerprint density at radius 3 is 1.25 bits per heavy atom. The summed E-state index contributed by atoms with van der Waals surface area (Å²) in [6.07, 6.45) is 0. The minimum atomic E-state index is -0.1000. The average Bonchev–Trinajstić information content (AvgIpc) is 1.78. The molecule has 0 aromatic rings. The van der Waals surface area contributed by atoms with Crippen molar-refractivity contribution >= 4 is 68.9 Å². The van der Waals surface area contributed by atoms with Crippen molar-refractivity contribution in [2.75, 3.05) is 0 Å². The third-order valence-corrected chi connectivity index (χ3v) is 0. The van der Waals surface area contributed by atoms with Gasteiger partial charge in [-0.15, -0.1) is 0 Å². The van der Waals surface area contributed by atoms with Gasteiger partial charge in [-0.25, -0.2) is 0 Å². The molecule has 0 aromatic heterocycles. The Morgan fingerprint density at radius 2 is 1.25 bits per heavy atom. The molecule has 0 fully saturated rings. The monoisotopic (exact) mass is 525 g/mol. The van der Waals surface area contributed by atoms with Crippen LogP contribution in [0.1, 0.15) is 0 Å². The summed E-state index contributed by atoms with van der Waals surface area (Å²) in [5.41, 5.74) is 0. The van der Waals surface area contributed by atoms with Crippen molar-refractivity contribution in [2.45, 2.75) is 0 Å². The quantitative estimate of drug-likeness (QED) is 0.266. The van der Waals surface area contributed by atoms with Crippen molar-refractivity contribution in [3.05, 3.63) is 0 Å². The summed E-state index contributed by atoms with van der Waals surface area (Å²) in [5, 5.41) is 0. The minimum absolute atomic E-state index is 0. The van der Waals surface area contributed by atoms with E-state index in [2.05, 4.69) is 11.7 Å². The Morgan fingerprint density at radius 1 is 1.25 bits per heavy atom. The van der Waals surface area contributed by atoms with Crippen LogP contribution >= 0.6 is 20.2 Å². The van der Waals surface area contributed by atoms with Gasteiger partial charge >= 0.3 is 93.2 Å². The van der Waals surface area contributed by atoms with Crippen molar-refractivity contribution in [1.82, 2.24) is 0 Å². The van der Waals surface area contributed by atoms with E-state index in [1.807, 2.05) is 18.5 Å². The number of hydrogen-bond donors (Lipinski definition) is 1. The molecule has 0 rings (SSSR count). The third kappa shape index (κ3) is 57.1. The topological polar surface area (TPSA) is 34.1 Å². The van der Waals surface area contributed by atoms with Crippen molar-refractivity contribution in [3.63, 3.8) is 0 Å². The van der Waals surface area contributed by atoms with Gasteiger partial charge in [0.15, 0.2) is 0 Å². The molecule has 45 valence electrons. The van der Waals surface area contributed by atoms with E-state index in [9.17, 15) is 0 Å². The van der Waals surface area contributed by atoms with E-state index in [1.165, 1.54) is 8.50 Å². The predicted octanol–water partition coefficient (Wildman–Crippen LogP) is -0.511. The van der Waals surface area contributed by atoms with Crippen molar-refractivity contribution < 1.29 is 45.3 Å². The van der Waals surface area contributed by atoms with Gasteiger partial charge in [0.25, 0.3) is 0 Å². The summed E-state index contributed by atoms with van der Waals surface area (Å²) >= 11 is 5.36. The van der Waals surface area contributed by atoms with Gasteiger partial charge in [-0.1, -0.05) is 0 Å². The Kier molecular flexibility index (Phi) is 133. The molecule has 0 aliphatic heterocycles. The number of thiol groups is 1. The Labute approximate surface area is 112 Å². The SMILES string of the molecule is S[S][Mo].[Mo].[O]=[InH].[O]=[InH]. The molecule has 0 amide bonds. The summed E-state index contributed by atoms with van der Waals surface area (Å²) in [5.74, 6) is 0. The first-order valence-corrected chi connectivity index (χ1v) is 8.47. The van der Waals surface area contributed by atoms with Crippen molar-refractivity contribution in [3.8, 4) is 0 Å². The van der Waals surface area contributed by atoms with Gasteiger partial charge in [0.05, 0.1) is 0 Å². The molecule has 0 spiro atoms. The van der Waals surface area contributed by atoms with Crippen LogP contribution in [0.4, 0.5) is 0 Å². The van der Waals surface area contributed by atoms with Crippen molar-refractivity contribution in [1.29, 1.82) is 0 Å². The summed E-state index contributed by atoms with van der Waals surface area (Å²) in [6, 6.07) is 0. The van der Waals surface area contributed by atoms with E-state index < -0.39 is 0 Å². The van der Waals surface area contributed by atoms with E-state index in [0.717, 1.165) is 0 Å². The fraction of sp³-hybridized carbons (Fsp3) is 0. The summed E-state index contributed by atoms with van der Waals surface area (Å²) < 4.78 is 16.8. The zero-order chi connectivity index (χ0) is 6.71. The maximum atomic E-state index is 8.42. The first-order valence-electron chi connectivity index (χ1n) is 0.927. The molecule has 0 aliphatic rings. The molecule has 0 radical (unpaired) electrons. The second kappa shape index (κ2) is 47.4. The summed E-state index contributed by atoms with van der Waals surface area (Å²) in [7, 11) is 1.45. The van der Waals surface area contributed by atoms with Gasteiger partial charge in [-0.05, 0) is 0 Å². The van der Waals surface area contributed by atoms with Gasteiger partial charge in [0, 0.05) is 21.1 Å². The first-order chi connectivity index (χ1) is 3.41. The molecule has 0 N–H and O–H groups in total. The van der Waals surface area contributed by atoms with E-state index >= 15 is 0 Å². The second-order valence-corrected chi connectivity index (χ2v) is 3.97. The third-order valence-electron chi connectivity index (χ3n) is 0. The van der Waals surface area contributed by atoms with Crippen LogP contribution in [0.25, 0.3) is 0 Å². The average molecular weight is 521 g/mol. The van der Waals surface area contributed by atoms with Crippen LogP contribution in [0.15, 0.2) is 0 Å². The van der Waals surface area contributed by atoms with Crippen LogP contribution in [0.2, 0.25) is 0 Å². The molecule has 0 saturated heterocycles. The zero-order valence-electron chi connectivity index (χ0n) is 3.90. The Bertz CT molecular complexity index is 23.5. The van der Waals surface area contributed by atoms with Gasteiger partial charge in [0.2, 0.25) is 0 Å². The molecule has 0 atom stereocenters. The van der Waals surface area contributed by atoms with E-state index in [-0.39, 0.29) is 69.8 Å². The molecule has 2 nitrogen and oxygen atoms in total. The second-order valence-electron chi connectivity index (χ2n) is 0.0745. The molecular formula is H3In2Mo2O2S2. The van der Waals surface area contributed by atoms with Crippen LogP contribution in [0.5, 0.6) is 0 Å². The molecule has 0 aromatic carbocycles. The predicted molar refractivity (Wildman–Crippen MR) is 32.2 cm³/mol. The van der Waals surface area contributed by atoms with Gasteiger partial charge in [-0.2, -0.15) is 0 Å². The van der Waals surface area contributed by atoms with Crippen LogP contribution in [0.3, 0.4) is 0 Å². The molecule has 8 heavy (non-hydrogen) atoms. The van der Waals surface area contributed by atoms with E-state index in [0.29, 0.717) is 0 Å². The fourth-order valence-electron chi connectivity index (χ4n) is 0. The molecule has 0 aliphatic carbocycles. The van der Waals surface area contributed by atoms with Gasteiger partial charge in [-0.3, -0.25) is 0 Å². The fourth-order valence-corrected chi connectivity index (χ4v) is 0. The molecule has 0 unspecified atom stereocenters. The van der Waals surface area contributed by atoms with Crippen LogP contribution in [-0.4, -0.2) is 48.8 Å². The standard InChI is InChI=1S/2In.2Mo.2O.H2S2.2H/c;;;;;;1-2;;/h;;;;;;1-2H;;/q;;;+1;;;;;/p-1. The summed E-state index contributed by atoms with van der Waals surface area (Å²) in [6.45, 7) is 0. The summed E-state index contributed by atoms with van der Waals surface area (Å²) in [4.78, 5) is 0. The van der Waals surface area contributed by atoms with E-state index in [1.54, 1.807) is 0 Å². The Hall–Kier alpha value is 3.42. The molecule has 0 heterocycles. The van der Waals surface area contributed by atoms with Gasteiger partial charge < -0.3 is 0 Å². The number of rotatable bonds is 0. The van der Waals surface area contributed by atoms with E-state index in [4.69, 9.17) is 5.71 Å². The number of hydrogen-bond acceptors (Lipinski definition) is 4. The zero-order valence-corrected chi connectivity index (χ0v) is 17.7. The normalized spacial score (nSPS) is 2.88. The molecule has 0 saturated carbocycles. The molecular weight excluding hydrogens is 518 g/mol. The first kappa shape index (κ1) is 22.5. The van der Waals surface area contributed by atoms with Crippen LogP contribution < -0.4 is 0 Å². The van der Waals surface area contributed by atoms with Crippen LogP contribution in [0, 0.1) is 0 Å². The van der Waals surface area contributed by atoms with Crippen LogP contribution in [-0.2, 0) is 45.3 Å². The van der Waals surface area contributed by atoms with Gasteiger partial charge in [0.1, 0.15) is 0 Å². The van der Waals surface area contributed by atoms with Crippen molar-refractivity contribution in [2.24, 2.45) is 0 Å². The molecule has 8 heteroatoms. The molecule has 0 bridgehead atoms. The maximum absolute atomic E-state index is 8.42. The Balaban J connectivity index is -0.0000000147.